The number of benzene rings is 3. The molecule has 0 aliphatic heterocycles. The van der Waals surface area contributed by atoms with Gasteiger partial charge in [0.05, 0.1) is 16.1 Å². The van der Waals surface area contributed by atoms with E-state index >= 15 is 0 Å². The molecule has 0 saturated heterocycles. The molecule has 3 aromatic carbocycles. The number of unbranched alkanes of at least 4 members (excludes halogenated alkanes) is 4. The molecule has 0 atom stereocenters. The predicted octanol–water partition coefficient (Wildman–Crippen LogP) is 7.72. The Hall–Kier alpha value is -4.39. The number of nitrogens with zero attached hydrogens (tertiary/aromatic N) is 2. The summed E-state index contributed by atoms with van der Waals surface area (Å²) in [6.07, 6.45) is 8.48. The molecule has 3 rings (SSSR count). The first kappa shape index (κ1) is 28.2. The molecule has 0 unspecified atom stereocenters. The Labute approximate surface area is 227 Å². The van der Waals surface area contributed by atoms with E-state index in [1.165, 1.54) is 67.7 Å². The number of nitriles is 2. The van der Waals surface area contributed by atoms with Crippen LogP contribution in [0.2, 0.25) is 5.02 Å². The topological polar surface area (TPSA) is 100 Å². The molecule has 38 heavy (non-hydrogen) atoms. The third-order valence-electron chi connectivity index (χ3n) is 5.77. The Bertz CT molecular complexity index is 1370. The molecule has 3 aromatic rings. The maximum absolute atomic E-state index is 12.6. The van der Waals surface area contributed by atoms with Gasteiger partial charge in [-0.3, -0.25) is 0 Å². The molecule has 0 heterocycles. The maximum Gasteiger partial charge on any atom is 0.345 e. The summed E-state index contributed by atoms with van der Waals surface area (Å²) in [6.45, 7) is 2.20. The largest absolute Gasteiger partial charge is 0.423 e. The number of halogens is 1. The van der Waals surface area contributed by atoms with Crippen molar-refractivity contribution < 1.29 is 19.1 Å². The Morgan fingerprint density at radius 1 is 0.816 bits per heavy atom. The molecule has 0 bridgehead atoms. The lowest BCUT2D eigenvalue weighted by Crippen LogP contribution is -2.11. The van der Waals surface area contributed by atoms with Crippen molar-refractivity contribution >= 4 is 29.6 Å². The van der Waals surface area contributed by atoms with Gasteiger partial charge >= 0.3 is 11.9 Å². The highest BCUT2D eigenvalue weighted by Crippen LogP contribution is 2.25. The van der Waals surface area contributed by atoms with Gasteiger partial charge in [-0.1, -0.05) is 68.5 Å². The van der Waals surface area contributed by atoms with Crippen LogP contribution in [0.3, 0.4) is 0 Å². The zero-order chi connectivity index (χ0) is 27.3. The summed E-state index contributed by atoms with van der Waals surface area (Å²) in [5.74, 6) is -0.732. The molecular weight excluding hydrogens is 500 g/mol. The number of aryl methyl sites for hydroxylation is 1. The third-order valence-corrected chi connectivity index (χ3v) is 6.08. The highest BCUT2D eigenvalue weighted by Gasteiger charge is 2.16. The zero-order valence-corrected chi connectivity index (χ0v) is 21.8. The van der Waals surface area contributed by atoms with Gasteiger partial charge in [-0.05, 0) is 66.4 Å². The molecule has 6 nitrogen and oxygen atoms in total. The van der Waals surface area contributed by atoms with Crippen molar-refractivity contribution in [3.63, 3.8) is 0 Å². The van der Waals surface area contributed by atoms with E-state index in [2.05, 4.69) is 6.92 Å². The quantitative estimate of drug-likeness (QED) is 0.110. The lowest BCUT2D eigenvalue weighted by atomic mass is 10.0. The molecule has 0 spiro atoms. The highest BCUT2D eigenvalue weighted by molar-refractivity contribution is 6.33. The van der Waals surface area contributed by atoms with Crippen molar-refractivity contribution in [2.45, 2.75) is 45.4 Å². The summed E-state index contributed by atoms with van der Waals surface area (Å²) in [7, 11) is 0. The van der Waals surface area contributed by atoms with Crippen LogP contribution in [0.5, 0.6) is 11.5 Å². The fourth-order valence-corrected chi connectivity index (χ4v) is 3.93. The molecule has 192 valence electrons. The van der Waals surface area contributed by atoms with Crippen LogP contribution in [0.1, 0.15) is 70.9 Å². The third kappa shape index (κ3) is 8.34. The zero-order valence-electron chi connectivity index (χ0n) is 21.1. The molecule has 0 fully saturated rings. The second-order valence-corrected chi connectivity index (χ2v) is 9.04. The molecule has 0 N–H and O–H groups in total. The highest BCUT2D eigenvalue weighted by atomic mass is 35.5. The van der Waals surface area contributed by atoms with Gasteiger partial charge in [0, 0.05) is 6.07 Å². The minimum atomic E-state index is -0.684. The summed E-state index contributed by atoms with van der Waals surface area (Å²) in [4.78, 5) is 25.2. The summed E-state index contributed by atoms with van der Waals surface area (Å²) in [5, 5.41) is 17.8. The van der Waals surface area contributed by atoms with Crippen LogP contribution in [-0.2, 0) is 6.42 Å². The average molecular weight is 527 g/mol. The van der Waals surface area contributed by atoms with E-state index in [9.17, 15) is 9.59 Å². The van der Waals surface area contributed by atoms with E-state index in [4.69, 9.17) is 31.6 Å². The van der Waals surface area contributed by atoms with Crippen molar-refractivity contribution in [3.8, 4) is 23.6 Å². The maximum atomic E-state index is 12.6. The normalized spacial score (nSPS) is 10.1. The predicted molar refractivity (Wildman–Crippen MR) is 146 cm³/mol. The van der Waals surface area contributed by atoms with E-state index in [1.54, 1.807) is 36.4 Å². The molecule has 0 radical (unpaired) electrons. The van der Waals surface area contributed by atoms with E-state index in [0.717, 1.165) is 12.8 Å². The molecule has 0 aliphatic carbocycles. The Morgan fingerprint density at radius 3 is 2.08 bits per heavy atom. The number of esters is 2. The summed E-state index contributed by atoms with van der Waals surface area (Å²) in [6, 6.07) is 21.5. The lowest BCUT2D eigenvalue weighted by Gasteiger charge is -2.09. The summed E-state index contributed by atoms with van der Waals surface area (Å²) in [5.41, 5.74) is 2.30. The summed E-state index contributed by atoms with van der Waals surface area (Å²) < 4.78 is 10.8. The minimum Gasteiger partial charge on any atom is -0.423 e. The van der Waals surface area contributed by atoms with Gasteiger partial charge in [0.2, 0.25) is 0 Å². The van der Waals surface area contributed by atoms with Crippen molar-refractivity contribution in [1.82, 2.24) is 0 Å². The van der Waals surface area contributed by atoms with E-state index in [-0.39, 0.29) is 27.7 Å². The van der Waals surface area contributed by atoms with Crippen LogP contribution in [0.4, 0.5) is 0 Å². The number of carbonyl (C=O) groups excluding carboxylic acids is 2. The number of hydrogen-bond acceptors (Lipinski definition) is 6. The SMILES string of the molecule is CCCCCCCc1ccc(C(=O)Oc2ccc(C(=O)Oc3ccc(C=C(C#N)C#N)cc3)c(Cl)c2)cc1. The van der Waals surface area contributed by atoms with Crippen molar-refractivity contribution in [2.24, 2.45) is 0 Å². The second-order valence-electron chi connectivity index (χ2n) is 8.63. The number of rotatable bonds is 11. The van der Waals surface area contributed by atoms with Crippen molar-refractivity contribution in [2.75, 3.05) is 0 Å². The fraction of sp³-hybridized carbons (Fsp3) is 0.226. The first-order valence-electron chi connectivity index (χ1n) is 12.4. The number of ether oxygens (including phenoxy) is 2. The first-order chi connectivity index (χ1) is 18.4. The van der Waals surface area contributed by atoms with Gasteiger partial charge < -0.3 is 9.47 Å². The smallest absolute Gasteiger partial charge is 0.345 e. The molecule has 0 amide bonds. The van der Waals surface area contributed by atoms with Gasteiger partial charge in [-0.25, -0.2) is 9.59 Å². The lowest BCUT2D eigenvalue weighted by molar-refractivity contribution is 0.0730. The van der Waals surface area contributed by atoms with Gasteiger partial charge in [0.1, 0.15) is 29.2 Å². The Balaban J connectivity index is 1.57. The molecule has 0 aromatic heterocycles. The van der Waals surface area contributed by atoms with Crippen molar-refractivity contribution in [3.05, 3.63) is 99.6 Å². The van der Waals surface area contributed by atoms with Crippen molar-refractivity contribution in [1.29, 1.82) is 10.5 Å². The number of hydrogen-bond donors (Lipinski definition) is 0. The van der Waals surface area contributed by atoms with Gasteiger partial charge in [-0.15, -0.1) is 0 Å². The Morgan fingerprint density at radius 2 is 1.45 bits per heavy atom. The second kappa shape index (κ2) is 14.4. The van der Waals surface area contributed by atoms with E-state index in [1.807, 2.05) is 12.1 Å². The molecule has 0 saturated carbocycles. The minimum absolute atomic E-state index is 0.0347. The molecular formula is C31H27ClN2O4. The van der Waals surface area contributed by atoms with Crippen LogP contribution >= 0.6 is 11.6 Å². The molecule has 7 heteroatoms. The van der Waals surface area contributed by atoms with Crippen LogP contribution in [-0.4, -0.2) is 11.9 Å². The van der Waals surface area contributed by atoms with Gasteiger partial charge in [0.15, 0.2) is 0 Å². The van der Waals surface area contributed by atoms with Crippen LogP contribution in [0.15, 0.2) is 72.3 Å². The molecule has 0 aliphatic rings. The fourth-order valence-electron chi connectivity index (χ4n) is 3.68. The number of allylic oxidation sites excluding steroid dienone is 1. The van der Waals surface area contributed by atoms with Crippen LogP contribution in [0, 0.1) is 22.7 Å². The van der Waals surface area contributed by atoms with E-state index in [0.29, 0.717) is 11.1 Å². The van der Waals surface area contributed by atoms with E-state index < -0.39 is 11.9 Å². The van der Waals surface area contributed by atoms with Crippen LogP contribution in [0.25, 0.3) is 6.08 Å². The van der Waals surface area contributed by atoms with Gasteiger partial charge in [-0.2, -0.15) is 10.5 Å². The Kier molecular flexibility index (Phi) is 10.7. The standard InChI is InChI=1S/C31H27ClN2O4/c1-2-3-4-5-6-7-22-8-12-25(13-9-22)30(35)38-27-16-17-28(29(32)19-27)31(36)37-26-14-10-23(11-15-26)18-24(20-33)21-34/h8-19H,2-7H2,1H3. The number of carbonyl (C=O) groups is 2. The summed E-state index contributed by atoms with van der Waals surface area (Å²) >= 11 is 6.27. The monoisotopic (exact) mass is 526 g/mol. The van der Waals surface area contributed by atoms with Gasteiger partial charge in [0.25, 0.3) is 0 Å². The first-order valence-corrected chi connectivity index (χ1v) is 12.8. The van der Waals surface area contributed by atoms with Crippen LogP contribution < -0.4 is 9.47 Å². The average Bonchev–Trinajstić information content (AvgIpc) is 2.92.